The first kappa shape index (κ1) is 19.6. The average Bonchev–Trinajstić information content (AvgIpc) is 2.69. The molecule has 1 unspecified atom stereocenters. The van der Waals surface area contributed by atoms with E-state index in [1.807, 2.05) is 24.3 Å². The molecule has 3 heteroatoms. The highest BCUT2D eigenvalue weighted by molar-refractivity contribution is 6.80. The van der Waals surface area contributed by atoms with E-state index in [0.29, 0.717) is 0 Å². The highest BCUT2D eigenvalue weighted by atomic mass is 28.3. The van der Waals surface area contributed by atoms with Gasteiger partial charge in [0, 0.05) is 0 Å². The molecule has 0 radical (unpaired) electrons. The predicted octanol–water partition coefficient (Wildman–Crippen LogP) is 3.82. The molecule has 1 N–H and O–H groups in total. The molecular formula is C24H28O2Si. The lowest BCUT2D eigenvalue weighted by atomic mass is 9.84. The van der Waals surface area contributed by atoms with Crippen LogP contribution in [-0.2, 0) is 11.0 Å². The molecule has 0 heterocycles. The predicted molar refractivity (Wildman–Crippen MR) is 115 cm³/mol. The molecule has 0 aliphatic carbocycles. The Morgan fingerprint density at radius 1 is 0.815 bits per heavy atom. The Labute approximate surface area is 164 Å². The first-order valence-corrected chi connectivity index (χ1v) is 11.1. The monoisotopic (exact) mass is 376 g/mol. The molecule has 27 heavy (non-hydrogen) atoms. The Kier molecular flexibility index (Phi) is 6.27. The van der Waals surface area contributed by atoms with E-state index >= 15 is 0 Å². The molecule has 2 nitrogen and oxygen atoms in total. The summed E-state index contributed by atoms with van der Waals surface area (Å²) in [5.74, 6) is 0. The molecule has 0 bridgehead atoms. The van der Waals surface area contributed by atoms with Crippen LogP contribution in [-0.4, -0.2) is 14.1 Å². The van der Waals surface area contributed by atoms with Crippen LogP contribution in [0.2, 0.25) is 0 Å². The molecule has 0 aliphatic rings. The summed E-state index contributed by atoms with van der Waals surface area (Å²) in [6.07, 6.45) is -0.0546. The summed E-state index contributed by atoms with van der Waals surface area (Å²) >= 11 is 0. The molecule has 0 saturated heterocycles. The van der Waals surface area contributed by atoms with E-state index in [1.54, 1.807) is 0 Å². The first-order chi connectivity index (χ1) is 13.0. The molecule has 0 saturated carbocycles. The summed E-state index contributed by atoms with van der Waals surface area (Å²) in [5.41, 5.74) is 1.98. The van der Waals surface area contributed by atoms with Crippen molar-refractivity contribution in [1.82, 2.24) is 0 Å². The summed E-state index contributed by atoms with van der Waals surface area (Å²) in [6.45, 7) is 6.68. The summed E-state index contributed by atoms with van der Waals surface area (Å²) in [5, 5.41) is 12.1. The lowest BCUT2D eigenvalue weighted by molar-refractivity contribution is 0.0895. The number of hydrogen-bond donors (Lipinski definition) is 1. The van der Waals surface area contributed by atoms with Gasteiger partial charge in [0.1, 0.15) is 0 Å². The van der Waals surface area contributed by atoms with Crippen molar-refractivity contribution in [2.45, 2.75) is 33.5 Å². The zero-order valence-electron chi connectivity index (χ0n) is 16.3. The van der Waals surface area contributed by atoms with Crippen LogP contribution < -0.4 is 10.4 Å². The number of aliphatic hydroxyl groups is 1. The van der Waals surface area contributed by atoms with E-state index in [0.717, 1.165) is 11.1 Å². The van der Waals surface area contributed by atoms with E-state index in [-0.39, 0.29) is 18.1 Å². The Morgan fingerprint density at radius 3 is 1.85 bits per heavy atom. The minimum atomic E-state index is -1.86. The molecule has 0 spiro atoms. The van der Waals surface area contributed by atoms with Gasteiger partial charge in [-0.25, -0.2) is 0 Å². The maximum absolute atomic E-state index is 9.55. The summed E-state index contributed by atoms with van der Waals surface area (Å²) in [7, 11) is -1.86. The Morgan fingerprint density at radius 2 is 1.37 bits per heavy atom. The largest absolute Gasteiger partial charge is 0.403 e. The molecule has 1 atom stereocenters. The van der Waals surface area contributed by atoms with Gasteiger partial charge in [0.2, 0.25) is 9.04 Å². The molecule has 3 aromatic rings. The Balaban J connectivity index is 2.02. The third-order valence-electron chi connectivity index (χ3n) is 4.70. The highest BCUT2D eigenvalue weighted by Gasteiger charge is 2.31. The van der Waals surface area contributed by atoms with Gasteiger partial charge in [0.15, 0.2) is 0 Å². The molecule has 0 fully saturated rings. The van der Waals surface area contributed by atoms with Gasteiger partial charge >= 0.3 is 0 Å². The van der Waals surface area contributed by atoms with Crippen LogP contribution in [0, 0.1) is 5.41 Å². The van der Waals surface area contributed by atoms with Gasteiger partial charge in [-0.1, -0.05) is 106 Å². The van der Waals surface area contributed by atoms with Crippen molar-refractivity contribution in [3.8, 4) is 0 Å². The Bertz CT molecular complexity index is 802. The minimum absolute atomic E-state index is 0.0446. The van der Waals surface area contributed by atoms with Crippen LogP contribution >= 0.6 is 0 Å². The number of rotatable bonds is 6. The molecule has 0 aliphatic heterocycles. The van der Waals surface area contributed by atoms with Crippen LogP contribution in [0.15, 0.2) is 84.9 Å². The highest BCUT2D eigenvalue weighted by Crippen LogP contribution is 2.36. The quantitative estimate of drug-likeness (QED) is 0.663. The van der Waals surface area contributed by atoms with Crippen LogP contribution in [0.4, 0.5) is 0 Å². The zero-order chi connectivity index (χ0) is 19.3. The number of aliphatic hydroxyl groups excluding tert-OH is 1. The summed E-state index contributed by atoms with van der Waals surface area (Å²) in [6, 6.07) is 29.3. The Hall–Kier alpha value is -2.20. The van der Waals surface area contributed by atoms with Crippen LogP contribution in [0.5, 0.6) is 0 Å². The minimum Gasteiger partial charge on any atom is -0.403 e. The lowest BCUT2D eigenvalue weighted by Gasteiger charge is -2.35. The maximum atomic E-state index is 9.55. The van der Waals surface area contributed by atoms with E-state index in [2.05, 4.69) is 81.4 Å². The molecule has 3 rings (SSSR count). The second-order valence-electron chi connectivity index (χ2n) is 7.99. The molecule has 0 amide bonds. The van der Waals surface area contributed by atoms with Crippen molar-refractivity contribution in [3.63, 3.8) is 0 Å². The SMILES string of the molecule is CC(C)(C)C(O[SiH](c1ccccc1)c1ccccc1)c1cccc(CO)c1. The second kappa shape index (κ2) is 8.66. The smallest absolute Gasteiger partial charge is 0.240 e. The van der Waals surface area contributed by atoms with Crippen LogP contribution in [0.3, 0.4) is 0 Å². The lowest BCUT2D eigenvalue weighted by Crippen LogP contribution is -2.47. The normalized spacial score (nSPS) is 12.9. The maximum Gasteiger partial charge on any atom is 0.240 e. The molecule has 140 valence electrons. The van der Waals surface area contributed by atoms with Crippen LogP contribution in [0.1, 0.15) is 38.0 Å². The van der Waals surface area contributed by atoms with Crippen molar-refractivity contribution in [2.75, 3.05) is 0 Å². The van der Waals surface area contributed by atoms with E-state index in [1.165, 1.54) is 10.4 Å². The molecule has 3 aromatic carbocycles. The van der Waals surface area contributed by atoms with Crippen molar-refractivity contribution in [2.24, 2.45) is 5.41 Å². The first-order valence-electron chi connectivity index (χ1n) is 9.44. The second-order valence-corrected chi connectivity index (χ2v) is 10.4. The summed E-state index contributed by atoms with van der Waals surface area (Å²) < 4.78 is 6.93. The van der Waals surface area contributed by atoms with Crippen molar-refractivity contribution in [1.29, 1.82) is 0 Å². The van der Waals surface area contributed by atoms with Gasteiger partial charge in [0.25, 0.3) is 0 Å². The van der Waals surface area contributed by atoms with E-state index in [9.17, 15) is 5.11 Å². The third-order valence-corrected chi connectivity index (χ3v) is 7.22. The fourth-order valence-corrected chi connectivity index (χ4v) is 6.06. The van der Waals surface area contributed by atoms with Crippen molar-refractivity contribution >= 4 is 19.4 Å². The van der Waals surface area contributed by atoms with E-state index in [4.69, 9.17) is 4.43 Å². The van der Waals surface area contributed by atoms with Crippen molar-refractivity contribution < 1.29 is 9.53 Å². The number of benzene rings is 3. The van der Waals surface area contributed by atoms with Gasteiger partial charge in [0.05, 0.1) is 12.7 Å². The standard InChI is InChI=1S/C24H28O2Si/c1-24(2,3)23(20-12-10-11-19(17-20)18-25)26-27(21-13-6-4-7-14-21)22-15-8-5-9-16-22/h4-17,23,25,27H,18H2,1-3H3. The third kappa shape index (κ3) is 4.95. The fourth-order valence-electron chi connectivity index (χ4n) is 3.38. The van der Waals surface area contributed by atoms with Gasteiger partial charge in [-0.15, -0.1) is 0 Å². The fraction of sp³-hybridized carbons (Fsp3) is 0.250. The average molecular weight is 377 g/mol. The number of hydrogen-bond acceptors (Lipinski definition) is 2. The zero-order valence-corrected chi connectivity index (χ0v) is 17.5. The van der Waals surface area contributed by atoms with Gasteiger partial charge in [-0.3, -0.25) is 0 Å². The van der Waals surface area contributed by atoms with Crippen molar-refractivity contribution in [3.05, 3.63) is 96.1 Å². The molecular weight excluding hydrogens is 348 g/mol. The van der Waals surface area contributed by atoms with Gasteiger partial charge in [-0.05, 0) is 26.9 Å². The topological polar surface area (TPSA) is 29.5 Å². The van der Waals surface area contributed by atoms with Gasteiger partial charge in [-0.2, -0.15) is 0 Å². The van der Waals surface area contributed by atoms with Gasteiger partial charge < -0.3 is 9.53 Å². The van der Waals surface area contributed by atoms with Crippen LogP contribution in [0.25, 0.3) is 0 Å². The van der Waals surface area contributed by atoms with E-state index < -0.39 is 9.04 Å². The molecule has 0 aromatic heterocycles. The summed E-state index contributed by atoms with van der Waals surface area (Å²) in [4.78, 5) is 0.